The van der Waals surface area contributed by atoms with E-state index in [2.05, 4.69) is 348 Å². The monoisotopic (exact) mass is 1540 g/mol. The van der Waals surface area contributed by atoms with Gasteiger partial charge in [0.15, 0.2) is 24.3 Å². The van der Waals surface area contributed by atoms with E-state index in [1.807, 2.05) is 166 Å². The van der Waals surface area contributed by atoms with Crippen LogP contribution in [0.15, 0.2) is 255 Å². The van der Waals surface area contributed by atoms with E-state index < -0.39 is 0 Å². The van der Waals surface area contributed by atoms with Crippen molar-refractivity contribution in [3.05, 3.63) is 305 Å². The van der Waals surface area contributed by atoms with Gasteiger partial charge < -0.3 is 0 Å². The molecular formula is C109H160N5+5. The van der Waals surface area contributed by atoms with Gasteiger partial charge in [0, 0.05) is 92.5 Å². The molecule has 5 aromatic heterocycles. The molecule has 8 aromatic carbocycles. The largest absolute Gasteiger partial charge is 0.220 e. The lowest BCUT2D eigenvalue weighted by atomic mass is 9.91. The van der Waals surface area contributed by atoms with E-state index in [0.717, 1.165) is 0 Å². The Labute approximate surface area is 700 Å². The third-order valence-electron chi connectivity index (χ3n) is 18.5. The highest BCUT2D eigenvalue weighted by atomic mass is 15.0. The van der Waals surface area contributed by atoms with Crippen LogP contribution < -0.4 is 22.8 Å². The fourth-order valence-corrected chi connectivity index (χ4v) is 13.4. The van der Waals surface area contributed by atoms with Crippen molar-refractivity contribution in [2.45, 2.75) is 252 Å². The number of nitrogens with zero attached hydrogens (tertiary/aromatic N) is 5. The van der Waals surface area contributed by atoms with Gasteiger partial charge in [-0.25, -0.2) is 13.7 Å². The van der Waals surface area contributed by atoms with E-state index in [-0.39, 0.29) is 0 Å². The third kappa shape index (κ3) is 31.2. The van der Waals surface area contributed by atoms with Crippen LogP contribution in [0.1, 0.15) is 242 Å². The first-order valence-electron chi connectivity index (χ1n) is 44.3. The van der Waals surface area contributed by atoms with Crippen LogP contribution in [0.25, 0.3) is 88.7 Å². The summed E-state index contributed by atoms with van der Waals surface area (Å²) in [5.74, 6) is 0. The second-order valence-electron chi connectivity index (χ2n) is 24.7. The summed E-state index contributed by atoms with van der Waals surface area (Å²) in [7, 11) is 10.7. The summed E-state index contributed by atoms with van der Waals surface area (Å²) in [6.45, 7) is 58.9. The van der Waals surface area contributed by atoms with Crippen molar-refractivity contribution in [1.82, 2.24) is 0 Å². The van der Waals surface area contributed by atoms with Gasteiger partial charge in [0.2, 0.25) is 34.0 Å². The molecular weight excluding hydrogens is 1380 g/mol. The molecule has 0 radical (unpaired) electrons. The molecule has 0 atom stereocenters. The van der Waals surface area contributed by atoms with Crippen molar-refractivity contribution < 1.29 is 22.8 Å². The first-order valence-corrected chi connectivity index (χ1v) is 44.3. The molecule has 0 aliphatic heterocycles. The van der Waals surface area contributed by atoms with Crippen molar-refractivity contribution in [2.24, 2.45) is 35.2 Å². The zero-order valence-electron chi connectivity index (χ0n) is 78.6. The maximum atomic E-state index is 2.40. The molecule has 13 aromatic rings. The molecule has 15 rings (SSSR count). The molecule has 616 valence electrons. The van der Waals surface area contributed by atoms with Gasteiger partial charge in [0.1, 0.15) is 35.2 Å². The molecule has 0 saturated heterocycles. The number of aromatic nitrogens is 5. The number of rotatable bonds is 5. The molecule has 2 aliphatic rings. The van der Waals surface area contributed by atoms with Gasteiger partial charge in [0.05, 0.1) is 5.39 Å². The van der Waals surface area contributed by atoms with Gasteiger partial charge in [-0.15, -0.1) is 0 Å². The standard InChI is InChI=1S/C17H20N.2C17H16N.C17H20N.C17H16N.12C2H6/c2*1-13-7-3-6-10-16(13)17-11-14-8-4-5-9-15(14)12-18(17)2;1-13-7-3-5-9-15(13)17-16-10-6-4-8-14(16)11-12-18(17)2;2*1-13-7-3-5-9-15(13)17-12-11-14-8-4-6-10-16(14)18(17)2;12*1-2/h3,6-7,10-12H,4-5,8-9H2,1-2H3;2*3-12H,1-2H3;3,5,7,9,11-12H,4,6,8,10H2,1-2H3;3-12H,1-2H3;12*1-2H3/q5*+1;;;;;;;;;;;;. The first kappa shape index (κ1) is 106. The number of hydrogen-bond donors (Lipinski definition) is 0. The molecule has 5 heterocycles. The van der Waals surface area contributed by atoms with Crippen molar-refractivity contribution in [3.8, 4) is 56.3 Å². The lowest BCUT2D eigenvalue weighted by Gasteiger charge is -2.15. The minimum atomic E-state index is 1.23. The van der Waals surface area contributed by atoms with Crippen molar-refractivity contribution >= 4 is 32.4 Å². The third-order valence-corrected chi connectivity index (χ3v) is 18.5. The molecule has 0 unspecified atom stereocenters. The molecule has 0 amide bonds. The van der Waals surface area contributed by atoms with Crippen LogP contribution in [0.5, 0.6) is 0 Å². The Kier molecular flexibility index (Phi) is 59.4. The molecule has 0 bridgehead atoms. The molecule has 5 heteroatoms. The average molecular weight is 1540 g/mol. The molecule has 5 nitrogen and oxygen atoms in total. The molecule has 0 spiro atoms. The van der Waals surface area contributed by atoms with Crippen LogP contribution in [0.4, 0.5) is 0 Å². The van der Waals surface area contributed by atoms with Gasteiger partial charge in [-0.3, -0.25) is 0 Å². The van der Waals surface area contributed by atoms with E-state index in [4.69, 9.17) is 0 Å². The Balaban J connectivity index is 0. The van der Waals surface area contributed by atoms with Crippen molar-refractivity contribution in [2.75, 3.05) is 0 Å². The number of benzene rings is 8. The highest BCUT2D eigenvalue weighted by Gasteiger charge is 2.24. The van der Waals surface area contributed by atoms with Crippen LogP contribution in [-0.4, -0.2) is 0 Å². The second kappa shape index (κ2) is 63.7. The van der Waals surface area contributed by atoms with E-state index in [1.54, 1.807) is 16.7 Å². The Morgan fingerprint density at radius 2 is 0.561 bits per heavy atom. The van der Waals surface area contributed by atoms with Crippen LogP contribution >= 0.6 is 0 Å². The van der Waals surface area contributed by atoms with Crippen molar-refractivity contribution in [1.29, 1.82) is 0 Å². The summed E-state index contributed by atoms with van der Waals surface area (Å²) in [4.78, 5) is 0. The summed E-state index contributed by atoms with van der Waals surface area (Å²) < 4.78 is 11.3. The van der Waals surface area contributed by atoms with Gasteiger partial charge in [-0.1, -0.05) is 306 Å². The number of aryl methyl sites for hydroxylation is 12. The van der Waals surface area contributed by atoms with Crippen LogP contribution in [0.2, 0.25) is 0 Å². The lowest BCUT2D eigenvalue weighted by molar-refractivity contribution is -0.669. The minimum absolute atomic E-state index is 1.23. The van der Waals surface area contributed by atoms with Gasteiger partial charge in [0.25, 0.3) is 0 Å². The summed E-state index contributed by atoms with van der Waals surface area (Å²) in [5.41, 5.74) is 27.1. The van der Waals surface area contributed by atoms with Crippen LogP contribution in [0, 0.1) is 34.6 Å². The van der Waals surface area contributed by atoms with E-state index in [1.165, 1.54) is 174 Å². The summed E-state index contributed by atoms with van der Waals surface area (Å²) in [6.07, 6.45) is 17.0. The topological polar surface area (TPSA) is 19.4 Å². The Morgan fingerprint density at radius 1 is 0.228 bits per heavy atom. The van der Waals surface area contributed by atoms with Gasteiger partial charge in [-0.05, 0) is 184 Å². The van der Waals surface area contributed by atoms with E-state index in [0.29, 0.717) is 0 Å². The second-order valence-corrected chi connectivity index (χ2v) is 24.7. The van der Waals surface area contributed by atoms with Crippen LogP contribution in [-0.2, 0) is 60.9 Å². The maximum Gasteiger partial charge on any atom is 0.220 e. The quantitative estimate of drug-likeness (QED) is 0.153. The Bertz CT molecular complexity index is 4590. The van der Waals surface area contributed by atoms with Gasteiger partial charge >= 0.3 is 0 Å². The summed E-state index contributed by atoms with van der Waals surface area (Å²) in [6, 6.07) is 84.2. The fourth-order valence-electron chi connectivity index (χ4n) is 13.4. The summed E-state index contributed by atoms with van der Waals surface area (Å²) >= 11 is 0. The Hall–Kier alpha value is -9.71. The number of pyridine rings is 5. The highest BCUT2D eigenvalue weighted by Crippen LogP contribution is 2.31. The summed E-state index contributed by atoms with van der Waals surface area (Å²) in [5, 5.41) is 6.43. The fraction of sp³-hybridized carbons (Fsp3) is 0.385. The molecule has 0 N–H and O–H groups in total. The van der Waals surface area contributed by atoms with Gasteiger partial charge in [-0.2, -0.15) is 9.13 Å². The minimum Gasteiger partial charge on any atom is -0.201 e. The molecule has 0 saturated carbocycles. The van der Waals surface area contributed by atoms with E-state index in [9.17, 15) is 0 Å². The number of fused-ring (bicyclic) bond motifs is 5. The molecule has 2 aliphatic carbocycles. The number of hydrogen-bond acceptors (Lipinski definition) is 0. The maximum absolute atomic E-state index is 2.40. The SMILES string of the molecule is CC.CC.CC.CC.CC.CC.CC.CC.CC.CC.CC.CC.Cc1ccccc1-c1c2ccccc2cc[n+]1C.Cc1ccccc1-c1cc2c(c[n+]1C)CCCC2.Cc1ccccc1-c1cc2ccccc2c[n+]1C.Cc1ccccc1-c1ccc2c([n+]1C)CCCC2.Cc1ccccc1-c1ccc2ccccc2[n+]1C. The predicted molar refractivity (Wildman–Crippen MR) is 511 cm³/mol. The molecule has 114 heavy (non-hydrogen) atoms. The Morgan fingerprint density at radius 3 is 1.03 bits per heavy atom. The number of para-hydroxylation sites is 1. The predicted octanol–water partition coefficient (Wildman–Crippen LogP) is 30.0. The first-order chi connectivity index (χ1) is 55.8. The van der Waals surface area contributed by atoms with Crippen molar-refractivity contribution in [3.63, 3.8) is 0 Å². The average Bonchev–Trinajstić information content (AvgIpc) is 0.802. The van der Waals surface area contributed by atoms with Crippen LogP contribution in [0.3, 0.4) is 0 Å². The zero-order valence-corrected chi connectivity index (χ0v) is 78.6. The smallest absolute Gasteiger partial charge is 0.201 e. The highest BCUT2D eigenvalue weighted by molar-refractivity contribution is 5.93. The zero-order chi connectivity index (χ0) is 86.7. The van der Waals surface area contributed by atoms with E-state index >= 15 is 0 Å². The normalized spacial score (nSPS) is 10.3. The lowest BCUT2D eigenvalue weighted by Crippen LogP contribution is -2.38. The molecule has 0 fully saturated rings.